The third-order valence-corrected chi connectivity index (χ3v) is 2.29. The van der Waals surface area contributed by atoms with E-state index < -0.39 is 11.6 Å². The molecule has 0 aliphatic rings. The summed E-state index contributed by atoms with van der Waals surface area (Å²) in [6.45, 7) is 1.96. The zero-order valence-electron chi connectivity index (χ0n) is 9.52. The summed E-state index contributed by atoms with van der Waals surface area (Å²) in [7, 11) is 1.47. The number of hydrogen-bond donors (Lipinski definition) is 2. The van der Waals surface area contributed by atoms with E-state index in [1.54, 1.807) is 12.1 Å². The predicted molar refractivity (Wildman–Crippen MR) is 63.0 cm³/mol. The van der Waals surface area contributed by atoms with Gasteiger partial charge in [-0.15, -0.1) is 5.10 Å². The quantitative estimate of drug-likeness (QED) is 0.798. The SMILES string of the molecule is Cc1ccc(NC(=O)c2nn(C)c(=O)[nH]2)cc1. The Kier molecular flexibility index (Phi) is 2.78. The summed E-state index contributed by atoms with van der Waals surface area (Å²) in [5.41, 5.74) is 1.35. The van der Waals surface area contributed by atoms with E-state index in [0.717, 1.165) is 10.2 Å². The van der Waals surface area contributed by atoms with Gasteiger partial charge in [0.05, 0.1) is 0 Å². The normalized spacial score (nSPS) is 10.2. The Hall–Kier alpha value is -2.37. The van der Waals surface area contributed by atoms with Crippen LogP contribution in [0, 0.1) is 6.92 Å². The number of nitrogens with zero attached hydrogens (tertiary/aromatic N) is 2. The minimum Gasteiger partial charge on any atom is -0.319 e. The number of carbonyl (C=O) groups excluding carboxylic acids is 1. The number of anilines is 1. The van der Waals surface area contributed by atoms with E-state index in [9.17, 15) is 9.59 Å². The summed E-state index contributed by atoms with van der Waals surface area (Å²) >= 11 is 0. The van der Waals surface area contributed by atoms with E-state index in [1.807, 2.05) is 19.1 Å². The molecule has 0 aliphatic heterocycles. The molecule has 0 atom stereocenters. The number of amides is 1. The zero-order valence-corrected chi connectivity index (χ0v) is 9.52. The Balaban J connectivity index is 2.17. The van der Waals surface area contributed by atoms with Crippen LogP contribution < -0.4 is 11.0 Å². The van der Waals surface area contributed by atoms with Crippen molar-refractivity contribution in [2.45, 2.75) is 6.92 Å². The van der Waals surface area contributed by atoms with Gasteiger partial charge in [0.25, 0.3) is 5.91 Å². The molecule has 2 aromatic rings. The van der Waals surface area contributed by atoms with Crippen LogP contribution in [0.3, 0.4) is 0 Å². The molecule has 0 saturated carbocycles. The van der Waals surface area contributed by atoms with Crippen LogP contribution in [-0.2, 0) is 7.05 Å². The third kappa shape index (κ3) is 2.41. The summed E-state index contributed by atoms with van der Waals surface area (Å²) in [5, 5.41) is 6.40. The van der Waals surface area contributed by atoms with Crippen molar-refractivity contribution in [1.82, 2.24) is 14.8 Å². The maximum atomic E-state index is 11.7. The molecule has 0 unspecified atom stereocenters. The number of benzene rings is 1. The number of rotatable bonds is 2. The second-order valence-electron chi connectivity index (χ2n) is 3.72. The van der Waals surface area contributed by atoms with Gasteiger partial charge in [0.15, 0.2) is 0 Å². The molecule has 1 aromatic heterocycles. The average Bonchev–Trinajstić information content (AvgIpc) is 2.63. The van der Waals surface area contributed by atoms with Crippen molar-refractivity contribution < 1.29 is 4.79 Å². The van der Waals surface area contributed by atoms with Gasteiger partial charge in [-0.1, -0.05) is 17.7 Å². The van der Waals surface area contributed by atoms with Gasteiger partial charge in [-0.05, 0) is 19.1 Å². The highest BCUT2D eigenvalue weighted by atomic mass is 16.2. The predicted octanol–water partition coefficient (Wildman–Crippen LogP) is 0.669. The van der Waals surface area contributed by atoms with E-state index in [1.165, 1.54) is 7.05 Å². The zero-order chi connectivity index (χ0) is 12.4. The molecule has 1 aromatic carbocycles. The van der Waals surface area contributed by atoms with Crippen molar-refractivity contribution in [3.05, 3.63) is 46.1 Å². The molecule has 2 N–H and O–H groups in total. The Labute approximate surface area is 97.3 Å². The number of aromatic amines is 1. The summed E-state index contributed by atoms with van der Waals surface area (Å²) in [4.78, 5) is 25.2. The van der Waals surface area contributed by atoms with Crippen molar-refractivity contribution in [1.29, 1.82) is 0 Å². The van der Waals surface area contributed by atoms with Crippen LogP contribution in [0.15, 0.2) is 29.1 Å². The first kappa shape index (κ1) is 11.1. The minimum absolute atomic E-state index is 0.00178. The molecule has 6 heteroatoms. The molecule has 6 nitrogen and oxygen atoms in total. The number of aromatic nitrogens is 3. The lowest BCUT2D eigenvalue weighted by Gasteiger charge is -2.02. The third-order valence-electron chi connectivity index (χ3n) is 2.29. The Bertz CT molecular complexity index is 595. The number of carbonyl (C=O) groups is 1. The Morgan fingerprint density at radius 2 is 2.00 bits per heavy atom. The number of hydrogen-bond acceptors (Lipinski definition) is 3. The van der Waals surface area contributed by atoms with E-state index >= 15 is 0 Å². The van der Waals surface area contributed by atoms with Gasteiger partial charge in [-0.25, -0.2) is 9.48 Å². The lowest BCUT2D eigenvalue weighted by molar-refractivity contribution is 0.101. The first-order chi connectivity index (χ1) is 8.06. The standard InChI is InChI=1S/C11H12N4O2/c1-7-3-5-8(6-4-7)12-10(16)9-13-11(17)15(2)14-9/h3-6H,1-2H3,(H,12,16)(H,13,14,17). The van der Waals surface area contributed by atoms with Gasteiger partial charge in [0.1, 0.15) is 0 Å². The van der Waals surface area contributed by atoms with Gasteiger partial charge in [-0.2, -0.15) is 0 Å². The summed E-state index contributed by atoms with van der Waals surface area (Å²) < 4.78 is 1.07. The first-order valence-corrected chi connectivity index (χ1v) is 5.07. The van der Waals surface area contributed by atoms with E-state index in [0.29, 0.717) is 5.69 Å². The molecule has 1 amide bonds. The van der Waals surface area contributed by atoms with Crippen molar-refractivity contribution in [2.75, 3.05) is 5.32 Å². The largest absolute Gasteiger partial charge is 0.343 e. The summed E-state index contributed by atoms with van der Waals surface area (Å²) in [5.74, 6) is -0.440. The molecule has 88 valence electrons. The lowest BCUT2D eigenvalue weighted by Crippen LogP contribution is -2.15. The van der Waals surface area contributed by atoms with Gasteiger partial charge < -0.3 is 5.32 Å². The van der Waals surface area contributed by atoms with Crippen LogP contribution in [0.2, 0.25) is 0 Å². The molecule has 0 bridgehead atoms. The van der Waals surface area contributed by atoms with E-state index in [2.05, 4.69) is 15.4 Å². The first-order valence-electron chi connectivity index (χ1n) is 5.07. The Morgan fingerprint density at radius 1 is 1.35 bits per heavy atom. The highest BCUT2D eigenvalue weighted by Gasteiger charge is 2.11. The molecule has 0 aliphatic carbocycles. The molecule has 1 heterocycles. The second-order valence-corrected chi connectivity index (χ2v) is 3.72. The maximum Gasteiger partial charge on any atom is 0.343 e. The fourth-order valence-electron chi connectivity index (χ4n) is 1.33. The van der Waals surface area contributed by atoms with Gasteiger partial charge in [0.2, 0.25) is 5.82 Å². The van der Waals surface area contributed by atoms with Gasteiger partial charge in [-0.3, -0.25) is 9.78 Å². The fraction of sp³-hybridized carbons (Fsp3) is 0.182. The van der Waals surface area contributed by atoms with E-state index in [4.69, 9.17) is 0 Å². The Morgan fingerprint density at radius 3 is 2.53 bits per heavy atom. The lowest BCUT2D eigenvalue weighted by atomic mass is 10.2. The number of aryl methyl sites for hydroxylation is 2. The molecule has 0 spiro atoms. The highest BCUT2D eigenvalue weighted by Crippen LogP contribution is 2.09. The molecule has 0 fully saturated rings. The minimum atomic E-state index is -0.438. The van der Waals surface area contributed by atoms with Crippen LogP contribution in [0.1, 0.15) is 16.2 Å². The number of H-pyrrole nitrogens is 1. The molecule has 2 rings (SSSR count). The molecule has 17 heavy (non-hydrogen) atoms. The fourth-order valence-corrected chi connectivity index (χ4v) is 1.33. The van der Waals surface area contributed by atoms with Crippen LogP contribution >= 0.6 is 0 Å². The molecular weight excluding hydrogens is 220 g/mol. The van der Waals surface area contributed by atoms with Crippen LogP contribution in [-0.4, -0.2) is 20.7 Å². The van der Waals surface area contributed by atoms with Crippen molar-refractivity contribution in [3.63, 3.8) is 0 Å². The average molecular weight is 232 g/mol. The second kappa shape index (κ2) is 4.25. The topological polar surface area (TPSA) is 79.8 Å². The summed E-state index contributed by atoms with van der Waals surface area (Å²) in [6, 6.07) is 7.34. The van der Waals surface area contributed by atoms with Crippen LogP contribution in [0.5, 0.6) is 0 Å². The van der Waals surface area contributed by atoms with Crippen LogP contribution in [0.25, 0.3) is 0 Å². The van der Waals surface area contributed by atoms with Crippen molar-refractivity contribution >= 4 is 11.6 Å². The summed E-state index contributed by atoms with van der Waals surface area (Å²) in [6.07, 6.45) is 0. The van der Waals surface area contributed by atoms with Crippen molar-refractivity contribution in [2.24, 2.45) is 7.05 Å². The molecule has 0 saturated heterocycles. The van der Waals surface area contributed by atoms with Gasteiger partial charge >= 0.3 is 5.69 Å². The molecule has 0 radical (unpaired) electrons. The van der Waals surface area contributed by atoms with E-state index in [-0.39, 0.29) is 5.82 Å². The molecular formula is C11H12N4O2. The smallest absolute Gasteiger partial charge is 0.319 e. The monoisotopic (exact) mass is 232 g/mol. The van der Waals surface area contributed by atoms with Gasteiger partial charge in [0, 0.05) is 12.7 Å². The van der Waals surface area contributed by atoms with Crippen molar-refractivity contribution in [3.8, 4) is 0 Å². The maximum absolute atomic E-state index is 11.7. The number of nitrogens with one attached hydrogen (secondary N) is 2. The highest BCUT2D eigenvalue weighted by molar-refractivity contribution is 6.01. The van der Waals surface area contributed by atoms with Crippen LogP contribution in [0.4, 0.5) is 5.69 Å².